The van der Waals surface area contributed by atoms with Gasteiger partial charge in [0.1, 0.15) is 11.8 Å². The number of carbonyl (C=O) groups is 1. The van der Waals surface area contributed by atoms with Crippen LogP contribution in [0.25, 0.3) is 5.69 Å². The van der Waals surface area contributed by atoms with Gasteiger partial charge < -0.3 is 24.8 Å². The minimum Gasteiger partial charge on any atom is -0.495 e. The molecular weight excluding hydrogens is 482 g/mol. The molecule has 0 saturated carbocycles. The fraction of sp³-hybridized carbons (Fsp3) is 0.207. The van der Waals surface area contributed by atoms with Gasteiger partial charge in [-0.1, -0.05) is 12.1 Å². The average molecular weight is 512 g/mol. The first kappa shape index (κ1) is 24.5. The highest BCUT2D eigenvalue weighted by Crippen LogP contribution is 2.43. The molecule has 0 aliphatic carbocycles. The van der Waals surface area contributed by atoms with Gasteiger partial charge in [-0.3, -0.25) is 9.78 Å². The van der Waals surface area contributed by atoms with E-state index >= 15 is 0 Å². The molecule has 2 unspecified atom stereocenters. The van der Waals surface area contributed by atoms with E-state index in [1.165, 1.54) is 18.1 Å². The Balaban J connectivity index is 1.67. The maximum Gasteiger partial charge on any atom is 0.221 e. The molecule has 1 amide bonds. The number of pyridine rings is 1. The average Bonchev–Trinajstić information content (AvgIpc) is 3.50. The molecule has 0 bridgehead atoms. The first-order valence-electron chi connectivity index (χ1n) is 12.1. The standard InChI is InChI=1S/C29H29N5O2S/c1-18-10-11-21(16-19(18)2)33-15-7-9-25(33)28-27(23-8-5-6-14-30-23)32-29(37)34(28)22-12-13-26(36-4)24(17-22)31-20(3)35/h5-17,27-28H,1-4H3,(H,31,35)(H,32,37). The van der Waals surface area contributed by atoms with Crippen LogP contribution in [0.5, 0.6) is 5.75 Å². The highest BCUT2D eigenvalue weighted by molar-refractivity contribution is 7.80. The summed E-state index contributed by atoms with van der Waals surface area (Å²) < 4.78 is 7.68. The number of hydrogen-bond donors (Lipinski definition) is 2. The number of methoxy groups -OCH3 is 1. The second-order valence-electron chi connectivity index (χ2n) is 9.13. The summed E-state index contributed by atoms with van der Waals surface area (Å²) in [6.45, 7) is 5.72. The van der Waals surface area contributed by atoms with Crippen molar-refractivity contribution >= 4 is 34.6 Å². The number of hydrogen-bond acceptors (Lipinski definition) is 4. The maximum atomic E-state index is 11.9. The van der Waals surface area contributed by atoms with Crippen molar-refractivity contribution in [1.29, 1.82) is 0 Å². The van der Waals surface area contributed by atoms with Gasteiger partial charge in [-0.05, 0) is 91.8 Å². The number of aryl methyl sites for hydroxylation is 2. The summed E-state index contributed by atoms with van der Waals surface area (Å²) in [5.41, 5.74) is 6.92. The number of benzene rings is 2. The number of aromatic nitrogens is 2. The molecule has 188 valence electrons. The number of nitrogens with zero attached hydrogens (tertiary/aromatic N) is 3. The predicted octanol–water partition coefficient (Wildman–Crippen LogP) is 5.63. The molecule has 37 heavy (non-hydrogen) atoms. The van der Waals surface area contributed by atoms with E-state index in [4.69, 9.17) is 17.0 Å². The van der Waals surface area contributed by atoms with Gasteiger partial charge >= 0.3 is 0 Å². The van der Waals surface area contributed by atoms with E-state index in [9.17, 15) is 4.79 Å². The molecule has 1 aliphatic rings. The number of nitrogens with one attached hydrogen (secondary N) is 2. The van der Waals surface area contributed by atoms with Crippen LogP contribution < -0.4 is 20.3 Å². The van der Waals surface area contributed by atoms with Crippen molar-refractivity contribution in [2.45, 2.75) is 32.9 Å². The normalized spacial score (nSPS) is 17.0. The maximum absolute atomic E-state index is 11.9. The molecule has 0 spiro atoms. The molecule has 2 aromatic heterocycles. The van der Waals surface area contributed by atoms with E-state index in [-0.39, 0.29) is 18.0 Å². The summed E-state index contributed by atoms with van der Waals surface area (Å²) in [6, 6.07) is 21.8. The zero-order chi connectivity index (χ0) is 26.1. The Labute approximate surface area is 222 Å². The number of anilines is 2. The van der Waals surface area contributed by atoms with E-state index < -0.39 is 0 Å². The van der Waals surface area contributed by atoms with Gasteiger partial charge in [0.05, 0.1) is 24.5 Å². The number of carbonyl (C=O) groups excluding carboxylic acids is 1. The largest absolute Gasteiger partial charge is 0.495 e. The van der Waals surface area contributed by atoms with Gasteiger partial charge in [-0.25, -0.2) is 0 Å². The van der Waals surface area contributed by atoms with Crippen molar-refractivity contribution in [2.24, 2.45) is 0 Å². The first-order chi connectivity index (χ1) is 17.9. The number of thiocarbonyl (C=S) groups is 1. The van der Waals surface area contributed by atoms with Crippen LogP contribution in [-0.4, -0.2) is 27.7 Å². The van der Waals surface area contributed by atoms with Crippen LogP contribution in [0.2, 0.25) is 0 Å². The lowest BCUT2D eigenvalue weighted by atomic mass is 10.0. The van der Waals surface area contributed by atoms with Crippen LogP contribution >= 0.6 is 12.2 Å². The lowest BCUT2D eigenvalue weighted by Crippen LogP contribution is -2.30. The highest BCUT2D eigenvalue weighted by Gasteiger charge is 2.42. The molecule has 0 radical (unpaired) electrons. The minimum atomic E-state index is -0.211. The molecule has 2 N–H and O–H groups in total. The molecule has 2 aromatic carbocycles. The SMILES string of the molecule is COc1ccc(N2C(=S)NC(c3ccccn3)C2c2cccn2-c2ccc(C)c(C)c2)cc1NC(C)=O. The fourth-order valence-corrected chi connectivity index (χ4v) is 5.16. The summed E-state index contributed by atoms with van der Waals surface area (Å²) in [7, 11) is 1.58. The Morgan fingerprint density at radius 3 is 2.54 bits per heavy atom. The first-order valence-corrected chi connectivity index (χ1v) is 12.5. The summed E-state index contributed by atoms with van der Waals surface area (Å²) in [5, 5.41) is 6.96. The van der Waals surface area contributed by atoms with Gasteiger partial charge in [0, 0.05) is 36.4 Å². The van der Waals surface area contributed by atoms with Gasteiger partial charge in [0.2, 0.25) is 5.91 Å². The number of ether oxygens (including phenoxy) is 1. The van der Waals surface area contributed by atoms with E-state index in [1.54, 1.807) is 13.3 Å². The van der Waals surface area contributed by atoms with Crippen molar-refractivity contribution in [3.8, 4) is 11.4 Å². The van der Waals surface area contributed by atoms with Gasteiger partial charge in [-0.2, -0.15) is 0 Å². The molecule has 1 aliphatic heterocycles. The smallest absolute Gasteiger partial charge is 0.221 e. The van der Waals surface area contributed by atoms with Crippen LogP contribution in [0.3, 0.4) is 0 Å². The van der Waals surface area contributed by atoms with Crippen molar-refractivity contribution < 1.29 is 9.53 Å². The minimum absolute atomic E-state index is 0.177. The van der Waals surface area contributed by atoms with Gasteiger partial charge in [0.15, 0.2) is 5.11 Å². The quantitative estimate of drug-likeness (QED) is 0.327. The summed E-state index contributed by atoms with van der Waals surface area (Å²) >= 11 is 5.90. The van der Waals surface area contributed by atoms with Crippen LogP contribution in [-0.2, 0) is 4.79 Å². The van der Waals surface area contributed by atoms with Crippen LogP contribution in [0.1, 0.15) is 41.5 Å². The third kappa shape index (κ3) is 4.68. The van der Waals surface area contributed by atoms with Gasteiger partial charge in [0.25, 0.3) is 0 Å². The molecular formula is C29H29N5O2S. The Kier molecular flexibility index (Phi) is 6.67. The fourth-order valence-electron chi connectivity index (χ4n) is 4.81. The predicted molar refractivity (Wildman–Crippen MR) is 150 cm³/mol. The molecule has 4 aromatic rings. The Bertz CT molecular complexity index is 1470. The third-order valence-electron chi connectivity index (χ3n) is 6.72. The summed E-state index contributed by atoms with van der Waals surface area (Å²) in [6.07, 6.45) is 3.87. The lowest BCUT2D eigenvalue weighted by Gasteiger charge is -2.29. The van der Waals surface area contributed by atoms with Crippen molar-refractivity contribution in [2.75, 3.05) is 17.3 Å². The van der Waals surface area contributed by atoms with Crippen molar-refractivity contribution in [3.05, 3.63) is 102 Å². The Morgan fingerprint density at radius 1 is 1.03 bits per heavy atom. The van der Waals surface area contributed by atoms with Gasteiger partial charge in [-0.15, -0.1) is 0 Å². The summed E-state index contributed by atoms with van der Waals surface area (Å²) in [5.74, 6) is 0.400. The summed E-state index contributed by atoms with van der Waals surface area (Å²) in [4.78, 5) is 18.6. The molecule has 1 saturated heterocycles. The lowest BCUT2D eigenvalue weighted by molar-refractivity contribution is -0.114. The van der Waals surface area contributed by atoms with E-state index in [0.29, 0.717) is 16.5 Å². The van der Waals surface area contributed by atoms with Crippen LogP contribution in [0.4, 0.5) is 11.4 Å². The van der Waals surface area contributed by atoms with E-state index in [2.05, 4.69) is 75.5 Å². The Hall–Kier alpha value is -4.17. The molecule has 3 heterocycles. The zero-order valence-corrected chi connectivity index (χ0v) is 22.0. The Morgan fingerprint density at radius 2 is 1.84 bits per heavy atom. The van der Waals surface area contributed by atoms with Crippen molar-refractivity contribution in [1.82, 2.24) is 14.9 Å². The molecule has 8 heteroatoms. The van der Waals surface area contributed by atoms with Crippen LogP contribution in [0, 0.1) is 13.8 Å². The highest BCUT2D eigenvalue weighted by atomic mass is 32.1. The second-order valence-corrected chi connectivity index (χ2v) is 9.52. The molecule has 2 atom stereocenters. The van der Waals surface area contributed by atoms with E-state index in [0.717, 1.165) is 22.8 Å². The topological polar surface area (TPSA) is 71.4 Å². The zero-order valence-electron chi connectivity index (χ0n) is 21.2. The van der Waals surface area contributed by atoms with E-state index in [1.807, 2.05) is 36.4 Å². The van der Waals surface area contributed by atoms with Crippen molar-refractivity contribution in [3.63, 3.8) is 0 Å². The monoisotopic (exact) mass is 511 g/mol. The van der Waals surface area contributed by atoms with Crippen LogP contribution in [0.15, 0.2) is 79.1 Å². The number of amides is 1. The third-order valence-corrected chi connectivity index (χ3v) is 7.04. The molecule has 1 fully saturated rings. The second kappa shape index (κ2) is 10.1. The molecule has 7 nitrogen and oxygen atoms in total. The number of rotatable bonds is 6. The molecule has 5 rings (SSSR count).